The van der Waals surface area contributed by atoms with Crippen molar-refractivity contribution < 1.29 is 9.59 Å². The topological polar surface area (TPSA) is 49.4 Å². The van der Waals surface area contributed by atoms with Gasteiger partial charge in [0, 0.05) is 5.69 Å². The van der Waals surface area contributed by atoms with E-state index in [1.165, 1.54) is 4.90 Å². The first-order valence-electron chi connectivity index (χ1n) is 4.39. The summed E-state index contributed by atoms with van der Waals surface area (Å²) in [5.41, 5.74) is 0.727. The smallest absolute Gasteiger partial charge is 0.289 e. The second kappa shape index (κ2) is 3.78. The number of rotatable bonds is 1. The lowest BCUT2D eigenvalue weighted by Crippen LogP contribution is -2.54. The molecular formula is C10H8N2O2S. The van der Waals surface area contributed by atoms with Crippen molar-refractivity contribution in [1.29, 1.82) is 0 Å². The van der Waals surface area contributed by atoms with Crippen molar-refractivity contribution in [2.75, 3.05) is 11.4 Å². The fourth-order valence-electron chi connectivity index (χ4n) is 1.34. The molecule has 0 saturated carbocycles. The van der Waals surface area contributed by atoms with E-state index in [0.29, 0.717) is 0 Å². The van der Waals surface area contributed by atoms with Gasteiger partial charge >= 0.3 is 6.03 Å². The van der Waals surface area contributed by atoms with Gasteiger partial charge in [-0.2, -0.15) is 0 Å². The maximum absolute atomic E-state index is 11.5. The molecule has 2 rings (SSSR count). The lowest BCUT2D eigenvalue weighted by Gasteiger charge is -2.26. The fourth-order valence-corrected chi connectivity index (χ4v) is 1.52. The van der Waals surface area contributed by atoms with Crippen LogP contribution in [0.3, 0.4) is 0 Å². The van der Waals surface area contributed by atoms with Crippen LogP contribution in [0.4, 0.5) is 10.5 Å². The largest absolute Gasteiger partial charge is 0.329 e. The van der Waals surface area contributed by atoms with Gasteiger partial charge < -0.3 is 0 Å². The highest BCUT2D eigenvalue weighted by Crippen LogP contribution is 2.15. The zero-order valence-electron chi connectivity index (χ0n) is 7.77. The molecule has 1 aliphatic rings. The van der Waals surface area contributed by atoms with Gasteiger partial charge in [-0.1, -0.05) is 30.4 Å². The summed E-state index contributed by atoms with van der Waals surface area (Å²) in [4.78, 5) is 24.2. The number of hydrogen-bond acceptors (Lipinski definition) is 3. The lowest BCUT2D eigenvalue weighted by atomic mass is 10.2. The minimum atomic E-state index is -0.470. The van der Waals surface area contributed by atoms with Crippen LogP contribution in [0.2, 0.25) is 0 Å². The third-order valence-corrected chi connectivity index (χ3v) is 2.40. The number of benzene rings is 1. The van der Waals surface area contributed by atoms with Crippen molar-refractivity contribution >= 4 is 34.7 Å². The number of anilines is 1. The summed E-state index contributed by atoms with van der Waals surface area (Å²) in [7, 11) is 0. The van der Waals surface area contributed by atoms with E-state index >= 15 is 0 Å². The number of urea groups is 1. The normalized spacial score (nSPS) is 16.5. The molecule has 1 aromatic rings. The number of nitrogens with zero attached hydrogens (tertiary/aromatic N) is 1. The Labute approximate surface area is 91.9 Å². The number of thiocarbonyl (C=S) groups is 1. The molecule has 1 fully saturated rings. The van der Waals surface area contributed by atoms with E-state index in [4.69, 9.17) is 12.2 Å². The van der Waals surface area contributed by atoms with Crippen LogP contribution in [-0.2, 0) is 4.79 Å². The summed E-state index contributed by atoms with van der Waals surface area (Å²) in [6.45, 7) is 0.171. The Morgan fingerprint density at radius 2 is 1.87 bits per heavy atom. The Hall–Kier alpha value is -1.75. The molecule has 1 N–H and O–H groups in total. The van der Waals surface area contributed by atoms with Crippen LogP contribution < -0.4 is 10.2 Å². The van der Waals surface area contributed by atoms with E-state index in [0.717, 1.165) is 5.69 Å². The van der Waals surface area contributed by atoms with Gasteiger partial charge in [0.25, 0.3) is 5.91 Å². The molecule has 0 bridgehead atoms. The summed E-state index contributed by atoms with van der Waals surface area (Å²) in [5.74, 6) is -0.470. The van der Waals surface area contributed by atoms with Crippen LogP contribution in [0.25, 0.3) is 0 Å². The summed E-state index contributed by atoms with van der Waals surface area (Å²) < 4.78 is 0. The van der Waals surface area contributed by atoms with Crippen molar-refractivity contribution in [2.24, 2.45) is 0 Å². The first kappa shape index (κ1) is 9.79. The Kier molecular flexibility index (Phi) is 2.47. The zero-order valence-corrected chi connectivity index (χ0v) is 8.58. The van der Waals surface area contributed by atoms with E-state index in [-0.39, 0.29) is 11.4 Å². The second-order valence-electron chi connectivity index (χ2n) is 3.10. The molecule has 0 aromatic heterocycles. The number of nitrogens with one attached hydrogen (secondary N) is 1. The van der Waals surface area contributed by atoms with Crippen molar-refractivity contribution in [2.45, 2.75) is 0 Å². The van der Waals surface area contributed by atoms with E-state index in [1.807, 2.05) is 18.2 Å². The number of amides is 3. The molecule has 0 atom stereocenters. The van der Waals surface area contributed by atoms with Crippen molar-refractivity contribution in [3.63, 3.8) is 0 Å². The molecule has 0 radical (unpaired) electrons. The standard InChI is InChI=1S/C10H8N2O2S/c13-9-8(15)6-12(10(14)11-9)7-4-2-1-3-5-7/h1-5H,6H2,(H,11,13,14). The molecule has 4 nitrogen and oxygen atoms in total. The van der Waals surface area contributed by atoms with Crippen LogP contribution in [0, 0.1) is 0 Å². The van der Waals surface area contributed by atoms with E-state index in [1.54, 1.807) is 12.1 Å². The highest BCUT2D eigenvalue weighted by atomic mass is 32.1. The molecule has 1 aromatic carbocycles. The Bertz CT molecular complexity index is 430. The maximum atomic E-state index is 11.5. The van der Waals surface area contributed by atoms with Gasteiger partial charge in [-0.25, -0.2) is 4.79 Å². The first-order chi connectivity index (χ1) is 7.18. The summed E-state index contributed by atoms with van der Waals surface area (Å²) in [6, 6.07) is 8.65. The summed E-state index contributed by atoms with van der Waals surface area (Å²) >= 11 is 4.85. The van der Waals surface area contributed by atoms with Gasteiger partial charge in [0.1, 0.15) is 4.86 Å². The van der Waals surface area contributed by atoms with Gasteiger partial charge in [0.2, 0.25) is 0 Å². The van der Waals surface area contributed by atoms with Crippen LogP contribution in [-0.4, -0.2) is 23.3 Å². The lowest BCUT2D eigenvalue weighted by molar-refractivity contribution is -0.113. The van der Waals surface area contributed by atoms with E-state index in [9.17, 15) is 9.59 Å². The molecule has 15 heavy (non-hydrogen) atoms. The number of para-hydroxylation sites is 1. The minimum Gasteiger partial charge on any atom is -0.289 e. The minimum absolute atomic E-state index is 0.171. The van der Waals surface area contributed by atoms with E-state index < -0.39 is 11.9 Å². The third-order valence-electron chi connectivity index (χ3n) is 2.09. The first-order valence-corrected chi connectivity index (χ1v) is 4.80. The molecule has 0 spiro atoms. The average molecular weight is 220 g/mol. The molecule has 1 heterocycles. The Morgan fingerprint density at radius 1 is 1.20 bits per heavy atom. The van der Waals surface area contributed by atoms with Crippen molar-refractivity contribution in [3.8, 4) is 0 Å². The highest BCUT2D eigenvalue weighted by molar-refractivity contribution is 7.82. The van der Waals surface area contributed by atoms with Crippen LogP contribution in [0.1, 0.15) is 0 Å². The Balaban J connectivity index is 2.27. The number of carbonyl (C=O) groups excluding carboxylic acids is 2. The predicted octanol–water partition coefficient (Wildman–Crippen LogP) is 1.11. The fraction of sp³-hybridized carbons (Fsp3) is 0.100. The van der Waals surface area contributed by atoms with Crippen molar-refractivity contribution in [3.05, 3.63) is 30.3 Å². The van der Waals surface area contributed by atoms with E-state index in [2.05, 4.69) is 5.32 Å². The second-order valence-corrected chi connectivity index (χ2v) is 3.60. The maximum Gasteiger partial charge on any atom is 0.329 e. The quantitative estimate of drug-likeness (QED) is 0.721. The number of hydrogen-bond donors (Lipinski definition) is 1. The van der Waals surface area contributed by atoms with Crippen molar-refractivity contribution in [1.82, 2.24) is 5.32 Å². The number of carbonyl (C=O) groups is 2. The van der Waals surface area contributed by atoms with Gasteiger partial charge in [0.05, 0.1) is 6.54 Å². The SMILES string of the molecule is O=C1NC(=O)N(c2ccccc2)CC1=S. The monoisotopic (exact) mass is 220 g/mol. The summed E-state index contributed by atoms with van der Waals surface area (Å²) in [5, 5.41) is 2.18. The molecule has 1 aliphatic heterocycles. The number of imide groups is 1. The molecular weight excluding hydrogens is 212 g/mol. The molecule has 1 saturated heterocycles. The average Bonchev–Trinajstić information content (AvgIpc) is 2.25. The third kappa shape index (κ3) is 1.87. The highest BCUT2D eigenvalue weighted by Gasteiger charge is 2.27. The van der Waals surface area contributed by atoms with Gasteiger partial charge in [0.15, 0.2) is 0 Å². The predicted molar refractivity (Wildman–Crippen MR) is 59.9 cm³/mol. The van der Waals surface area contributed by atoms with Crippen LogP contribution in [0.5, 0.6) is 0 Å². The van der Waals surface area contributed by atoms with Crippen LogP contribution in [0.15, 0.2) is 30.3 Å². The van der Waals surface area contributed by atoms with Gasteiger partial charge in [-0.15, -0.1) is 0 Å². The molecule has 3 amide bonds. The molecule has 0 unspecified atom stereocenters. The molecule has 76 valence electrons. The molecule has 0 aliphatic carbocycles. The van der Waals surface area contributed by atoms with Crippen LogP contribution >= 0.6 is 12.2 Å². The van der Waals surface area contributed by atoms with Gasteiger partial charge in [-0.3, -0.25) is 15.0 Å². The summed E-state index contributed by atoms with van der Waals surface area (Å²) in [6.07, 6.45) is 0. The Morgan fingerprint density at radius 3 is 2.53 bits per heavy atom. The zero-order chi connectivity index (χ0) is 10.8. The van der Waals surface area contributed by atoms with Gasteiger partial charge in [-0.05, 0) is 12.1 Å². The molecule has 5 heteroatoms.